The lowest BCUT2D eigenvalue weighted by Gasteiger charge is -2.32. The Balaban J connectivity index is 1.64. The van der Waals surface area contributed by atoms with Crippen LogP contribution in [0.5, 0.6) is 0 Å². The molecule has 1 aromatic carbocycles. The average molecular weight is 302 g/mol. The zero-order chi connectivity index (χ0) is 15.8. The number of β-amino-alcohol motifs (C(OH)–C–C–N with tert-alkyl or cyclic N) is 1. The van der Waals surface area contributed by atoms with Crippen LogP contribution < -0.4 is 5.32 Å². The minimum atomic E-state index is -0.208. The van der Waals surface area contributed by atoms with Gasteiger partial charge in [0.25, 0.3) is 0 Å². The molecule has 1 heterocycles. The van der Waals surface area contributed by atoms with Gasteiger partial charge >= 0.3 is 0 Å². The second-order valence-electron chi connectivity index (χ2n) is 6.63. The van der Waals surface area contributed by atoms with Crippen molar-refractivity contribution in [2.45, 2.75) is 32.8 Å². The molecular formula is C19H30N2O. The van der Waals surface area contributed by atoms with E-state index in [0.29, 0.717) is 0 Å². The van der Waals surface area contributed by atoms with E-state index in [1.165, 1.54) is 24.0 Å². The van der Waals surface area contributed by atoms with Crippen molar-refractivity contribution in [3.8, 4) is 0 Å². The summed E-state index contributed by atoms with van der Waals surface area (Å²) in [7, 11) is 0. The first-order valence-corrected chi connectivity index (χ1v) is 8.47. The summed E-state index contributed by atoms with van der Waals surface area (Å²) in [6.45, 7) is 9.18. The first-order valence-electron chi connectivity index (χ1n) is 8.47. The molecule has 1 aromatic rings. The van der Waals surface area contributed by atoms with E-state index in [4.69, 9.17) is 0 Å². The Morgan fingerprint density at radius 1 is 1.32 bits per heavy atom. The third kappa shape index (κ3) is 6.30. The third-order valence-electron chi connectivity index (χ3n) is 4.28. The molecule has 22 heavy (non-hydrogen) atoms. The van der Waals surface area contributed by atoms with Gasteiger partial charge < -0.3 is 15.3 Å². The summed E-state index contributed by atoms with van der Waals surface area (Å²) in [5, 5.41) is 13.0. The maximum Gasteiger partial charge on any atom is 0.0639 e. The molecule has 1 aliphatic heterocycles. The second kappa shape index (κ2) is 9.09. The molecule has 1 saturated heterocycles. The molecule has 3 heteroatoms. The Morgan fingerprint density at radius 3 is 2.64 bits per heavy atom. The highest BCUT2D eigenvalue weighted by atomic mass is 16.3. The first-order chi connectivity index (χ1) is 10.6. The number of hydrogen-bond donors (Lipinski definition) is 2. The van der Waals surface area contributed by atoms with Crippen molar-refractivity contribution in [1.82, 2.24) is 10.2 Å². The lowest BCUT2D eigenvalue weighted by atomic mass is 9.96. The quantitative estimate of drug-likeness (QED) is 0.813. The zero-order valence-corrected chi connectivity index (χ0v) is 14.0. The maximum absolute atomic E-state index is 9.43. The molecule has 1 aliphatic rings. The molecule has 1 fully saturated rings. The van der Waals surface area contributed by atoms with Gasteiger partial charge in [0, 0.05) is 13.1 Å². The zero-order valence-electron chi connectivity index (χ0n) is 14.0. The summed E-state index contributed by atoms with van der Waals surface area (Å²) in [4.78, 5) is 2.38. The van der Waals surface area contributed by atoms with Gasteiger partial charge in [0.2, 0.25) is 0 Å². The van der Waals surface area contributed by atoms with E-state index < -0.39 is 0 Å². The highest BCUT2D eigenvalue weighted by Gasteiger charge is 2.19. The van der Waals surface area contributed by atoms with E-state index in [9.17, 15) is 5.11 Å². The summed E-state index contributed by atoms with van der Waals surface area (Å²) in [5.41, 5.74) is 2.64. The van der Waals surface area contributed by atoms with Crippen molar-refractivity contribution in [2.75, 3.05) is 32.7 Å². The number of aliphatic hydroxyl groups excluding tert-OH is 1. The molecule has 0 unspecified atom stereocenters. The monoisotopic (exact) mass is 302 g/mol. The van der Waals surface area contributed by atoms with Gasteiger partial charge in [-0.15, -0.1) is 0 Å². The van der Waals surface area contributed by atoms with Crippen LogP contribution in [0.25, 0.3) is 6.08 Å². The highest BCUT2D eigenvalue weighted by Crippen LogP contribution is 2.16. The van der Waals surface area contributed by atoms with Gasteiger partial charge in [-0.2, -0.15) is 0 Å². The number of rotatable bonds is 7. The third-order valence-corrected chi connectivity index (χ3v) is 4.28. The highest BCUT2D eigenvalue weighted by molar-refractivity contribution is 5.52. The van der Waals surface area contributed by atoms with Crippen LogP contribution in [-0.2, 0) is 0 Å². The van der Waals surface area contributed by atoms with E-state index in [1.54, 1.807) is 0 Å². The van der Waals surface area contributed by atoms with E-state index in [-0.39, 0.29) is 6.10 Å². The van der Waals surface area contributed by atoms with Crippen LogP contribution >= 0.6 is 0 Å². The molecule has 0 spiro atoms. The minimum Gasteiger partial charge on any atom is -0.392 e. The van der Waals surface area contributed by atoms with Crippen LogP contribution in [0.15, 0.2) is 35.9 Å². The molecule has 2 N–H and O–H groups in total. The Bertz CT molecular complexity index is 448. The Morgan fingerprint density at radius 2 is 2.00 bits per heavy atom. The van der Waals surface area contributed by atoms with Crippen molar-refractivity contribution < 1.29 is 5.11 Å². The smallest absolute Gasteiger partial charge is 0.0639 e. The summed E-state index contributed by atoms with van der Waals surface area (Å²) < 4.78 is 0. The van der Waals surface area contributed by atoms with Crippen molar-refractivity contribution in [2.24, 2.45) is 5.92 Å². The van der Waals surface area contributed by atoms with Crippen LogP contribution in [0, 0.1) is 5.92 Å². The number of hydrogen-bond acceptors (Lipinski definition) is 3. The Labute approximate surface area is 135 Å². The maximum atomic E-state index is 9.43. The molecule has 0 aliphatic carbocycles. The topological polar surface area (TPSA) is 35.5 Å². The SMILES string of the molecule is C/C(=C\c1ccccc1)CNCC1CCN(C[C@@H](C)O)CC1. The molecule has 0 aromatic heterocycles. The molecule has 0 radical (unpaired) electrons. The van der Waals surface area contributed by atoms with Gasteiger partial charge in [0.1, 0.15) is 0 Å². The number of nitrogens with zero attached hydrogens (tertiary/aromatic N) is 1. The summed E-state index contributed by atoms with van der Waals surface area (Å²) in [6.07, 6.45) is 4.51. The molecule has 0 bridgehead atoms. The van der Waals surface area contributed by atoms with E-state index in [0.717, 1.165) is 38.6 Å². The van der Waals surface area contributed by atoms with Crippen LogP contribution in [-0.4, -0.2) is 48.8 Å². The summed E-state index contributed by atoms with van der Waals surface area (Å²) >= 11 is 0. The first kappa shape index (κ1) is 17.2. The van der Waals surface area contributed by atoms with Crippen LogP contribution in [0.3, 0.4) is 0 Å². The predicted molar refractivity (Wildman–Crippen MR) is 93.8 cm³/mol. The molecule has 2 rings (SSSR count). The van der Waals surface area contributed by atoms with Gasteiger partial charge in [-0.3, -0.25) is 0 Å². The molecule has 0 saturated carbocycles. The van der Waals surface area contributed by atoms with Crippen molar-refractivity contribution in [3.05, 3.63) is 41.5 Å². The van der Waals surface area contributed by atoms with Crippen LogP contribution in [0.1, 0.15) is 32.3 Å². The van der Waals surface area contributed by atoms with E-state index in [1.807, 2.05) is 6.92 Å². The van der Waals surface area contributed by atoms with Crippen molar-refractivity contribution >= 4 is 6.08 Å². The average Bonchev–Trinajstić information content (AvgIpc) is 2.49. The normalized spacial score (nSPS) is 19.3. The molecule has 122 valence electrons. The van der Waals surface area contributed by atoms with Crippen LogP contribution in [0.2, 0.25) is 0 Å². The fraction of sp³-hybridized carbons (Fsp3) is 0.579. The number of aliphatic hydroxyl groups is 1. The second-order valence-corrected chi connectivity index (χ2v) is 6.63. The molecule has 0 amide bonds. The van der Waals surface area contributed by atoms with Crippen molar-refractivity contribution in [3.63, 3.8) is 0 Å². The van der Waals surface area contributed by atoms with Crippen molar-refractivity contribution in [1.29, 1.82) is 0 Å². The van der Waals surface area contributed by atoms with Gasteiger partial charge in [0.05, 0.1) is 6.10 Å². The Hall–Kier alpha value is -1.16. The number of piperidine rings is 1. The molecule has 1 atom stereocenters. The van der Waals surface area contributed by atoms with Gasteiger partial charge in [-0.1, -0.05) is 42.0 Å². The van der Waals surface area contributed by atoms with Gasteiger partial charge in [-0.25, -0.2) is 0 Å². The summed E-state index contributed by atoms with van der Waals surface area (Å²) in [6, 6.07) is 10.5. The predicted octanol–water partition coefficient (Wildman–Crippen LogP) is 2.77. The minimum absolute atomic E-state index is 0.208. The summed E-state index contributed by atoms with van der Waals surface area (Å²) in [5.74, 6) is 0.773. The molecular weight excluding hydrogens is 272 g/mol. The molecule has 3 nitrogen and oxygen atoms in total. The lowest BCUT2D eigenvalue weighted by molar-refractivity contribution is 0.1000. The number of nitrogens with one attached hydrogen (secondary N) is 1. The fourth-order valence-corrected chi connectivity index (χ4v) is 3.11. The number of benzene rings is 1. The fourth-order valence-electron chi connectivity index (χ4n) is 3.11. The van der Waals surface area contributed by atoms with Crippen LogP contribution in [0.4, 0.5) is 0 Å². The Kier molecular flexibility index (Phi) is 7.10. The van der Waals surface area contributed by atoms with Gasteiger partial charge in [0.15, 0.2) is 0 Å². The van der Waals surface area contributed by atoms with E-state index in [2.05, 4.69) is 53.5 Å². The number of likely N-dealkylation sites (tertiary alicyclic amines) is 1. The standard InChI is InChI=1S/C19H30N2O/c1-16(12-18-6-4-3-5-7-18)13-20-14-19-8-10-21(11-9-19)15-17(2)22/h3-7,12,17,19-20,22H,8-11,13-15H2,1-2H3/b16-12+/t17-/m1/s1. The largest absolute Gasteiger partial charge is 0.392 e. The van der Waals surface area contributed by atoms with Gasteiger partial charge in [-0.05, 0) is 57.8 Å². The lowest BCUT2D eigenvalue weighted by Crippen LogP contribution is -2.40. The van der Waals surface area contributed by atoms with E-state index >= 15 is 0 Å².